The normalized spacial score (nSPS) is 11.1. The SMILES string of the molecule is CCn1c(SCC(=O)Nc2ccc(F)cc2F)nnc1-c1cn(C)nc1-c1ccc(C)cc1. The molecule has 2 aromatic heterocycles. The van der Waals surface area contributed by atoms with Crippen molar-refractivity contribution >= 4 is 23.4 Å². The first-order valence-corrected chi connectivity index (χ1v) is 11.3. The minimum atomic E-state index is -0.826. The first-order valence-electron chi connectivity index (χ1n) is 10.3. The van der Waals surface area contributed by atoms with E-state index in [-0.39, 0.29) is 11.4 Å². The average Bonchev–Trinajstić information content (AvgIpc) is 3.37. The number of carbonyl (C=O) groups is 1. The molecule has 2 aromatic carbocycles. The largest absolute Gasteiger partial charge is 0.323 e. The van der Waals surface area contributed by atoms with Crippen molar-refractivity contribution in [3.63, 3.8) is 0 Å². The van der Waals surface area contributed by atoms with Crippen LogP contribution in [0.5, 0.6) is 0 Å². The highest BCUT2D eigenvalue weighted by atomic mass is 32.2. The van der Waals surface area contributed by atoms with E-state index in [4.69, 9.17) is 0 Å². The molecule has 2 heterocycles. The van der Waals surface area contributed by atoms with E-state index in [1.165, 1.54) is 17.8 Å². The number of benzene rings is 2. The number of carbonyl (C=O) groups excluding carboxylic acids is 1. The lowest BCUT2D eigenvalue weighted by molar-refractivity contribution is -0.113. The van der Waals surface area contributed by atoms with Crippen LogP contribution in [-0.2, 0) is 18.4 Å². The smallest absolute Gasteiger partial charge is 0.234 e. The number of hydrogen-bond donors (Lipinski definition) is 1. The number of halogens is 2. The van der Waals surface area contributed by atoms with Gasteiger partial charge in [0.1, 0.15) is 17.3 Å². The molecule has 0 aliphatic carbocycles. The fourth-order valence-electron chi connectivity index (χ4n) is 3.36. The Labute approximate surface area is 193 Å². The molecule has 10 heteroatoms. The molecule has 0 saturated heterocycles. The number of anilines is 1. The van der Waals surface area contributed by atoms with E-state index in [9.17, 15) is 13.6 Å². The maximum Gasteiger partial charge on any atom is 0.234 e. The predicted molar refractivity (Wildman–Crippen MR) is 124 cm³/mol. The van der Waals surface area contributed by atoms with E-state index in [0.29, 0.717) is 17.5 Å². The van der Waals surface area contributed by atoms with Crippen molar-refractivity contribution in [1.82, 2.24) is 24.5 Å². The Bertz CT molecular complexity index is 1300. The molecule has 0 spiro atoms. The van der Waals surface area contributed by atoms with Crippen molar-refractivity contribution in [1.29, 1.82) is 0 Å². The van der Waals surface area contributed by atoms with E-state index >= 15 is 0 Å². The van der Waals surface area contributed by atoms with Crippen molar-refractivity contribution in [3.05, 3.63) is 65.9 Å². The molecule has 1 N–H and O–H groups in total. The van der Waals surface area contributed by atoms with Gasteiger partial charge < -0.3 is 9.88 Å². The van der Waals surface area contributed by atoms with Crippen LogP contribution in [0.15, 0.2) is 53.8 Å². The maximum absolute atomic E-state index is 13.8. The molecule has 0 unspecified atom stereocenters. The molecule has 0 bridgehead atoms. The second kappa shape index (κ2) is 9.53. The molecule has 4 aromatic rings. The molecule has 1 amide bonds. The van der Waals surface area contributed by atoms with Crippen LogP contribution in [0, 0.1) is 18.6 Å². The third-order valence-electron chi connectivity index (χ3n) is 4.97. The van der Waals surface area contributed by atoms with Gasteiger partial charge in [-0.1, -0.05) is 41.6 Å². The van der Waals surface area contributed by atoms with Gasteiger partial charge in [0, 0.05) is 31.4 Å². The number of rotatable bonds is 7. The standard InChI is InChI=1S/C23H22F2N6OS/c1-4-31-22(17-12-30(3)29-21(17)15-7-5-14(2)6-8-15)27-28-23(31)33-13-20(32)26-19-10-9-16(24)11-18(19)25/h5-12H,4,13H2,1-3H3,(H,26,32). The summed E-state index contributed by atoms with van der Waals surface area (Å²) in [5, 5.41) is 16.2. The van der Waals surface area contributed by atoms with Gasteiger partial charge in [0.05, 0.1) is 17.0 Å². The lowest BCUT2D eigenvalue weighted by Crippen LogP contribution is -2.15. The van der Waals surface area contributed by atoms with Gasteiger partial charge >= 0.3 is 0 Å². The molecular weight excluding hydrogens is 446 g/mol. The van der Waals surface area contributed by atoms with Gasteiger partial charge in [-0.3, -0.25) is 9.48 Å². The van der Waals surface area contributed by atoms with Crippen LogP contribution >= 0.6 is 11.8 Å². The van der Waals surface area contributed by atoms with Crippen molar-refractivity contribution in [2.75, 3.05) is 11.1 Å². The van der Waals surface area contributed by atoms with E-state index < -0.39 is 17.5 Å². The van der Waals surface area contributed by atoms with Gasteiger partial charge in [-0.05, 0) is 26.0 Å². The van der Waals surface area contributed by atoms with Crippen LogP contribution in [0.4, 0.5) is 14.5 Å². The summed E-state index contributed by atoms with van der Waals surface area (Å²) in [6.07, 6.45) is 1.89. The van der Waals surface area contributed by atoms with Gasteiger partial charge in [-0.15, -0.1) is 10.2 Å². The van der Waals surface area contributed by atoms with Gasteiger partial charge in [-0.25, -0.2) is 8.78 Å². The average molecular weight is 469 g/mol. The summed E-state index contributed by atoms with van der Waals surface area (Å²) in [4.78, 5) is 12.3. The molecule has 0 aliphatic heterocycles. The Morgan fingerprint density at radius 2 is 1.88 bits per heavy atom. The fourth-order valence-corrected chi connectivity index (χ4v) is 4.17. The van der Waals surface area contributed by atoms with Crippen LogP contribution < -0.4 is 5.32 Å². The highest BCUT2D eigenvalue weighted by Gasteiger charge is 2.20. The zero-order valence-corrected chi connectivity index (χ0v) is 19.2. The zero-order valence-electron chi connectivity index (χ0n) is 18.3. The van der Waals surface area contributed by atoms with Crippen molar-refractivity contribution in [2.45, 2.75) is 25.5 Å². The minimum Gasteiger partial charge on any atom is -0.323 e. The number of nitrogens with one attached hydrogen (secondary N) is 1. The van der Waals surface area contributed by atoms with Crippen molar-refractivity contribution in [3.8, 4) is 22.6 Å². The third kappa shape index (κ3) is 4.95. The predicted octanol–water partition coefficient (Wildman–Crippen LogP) is 4.68. The first kappa shape index (κ1) is 22.7. The Hall–Kier alpha value is -3.53. The molecular formula is C23H22F2N6OS. The van der Waals surface area contributed by atoms with Crippen molar-refractivity contribution < 1.29 is 13.6 Å². The van der Waals surface area contributed by atoms with Crippen LogP contribution in [-0.4, -0.2) is 36.2 Å². The van der Waals surface area contributed by atoms with E-state index in [0.717, 1.165) is 34.5 Å². The highest BCUT2D eigenvalue weighted by molar-refractivity contribution is 7.99. The summed E-state index contributed by atoms with van der Waals surface area (Å²) in [5.74, 6) is -1.32. The van der Waals surface area contributed by atoms with Gasteiger partial charge in [0.25, 0.3) is 0 Å². The first-order chi connectivity index (χ1) is 15.9. The number of thioether (sulfide) groups is 1. The molecule has 33 heavy (non-hydrogen) atoms. The topological polar surface area (TPSA) is 77.6 Å². The van der Waals surface area contributed by atoms with Crippen LogP contribution in [0.25, 0.3) is 22.6 Å². The second-order valence-corrected chi connectivity index (χ2v) is 8.39. The fraction of sp³-hybridized carbons (Fsp3) is 0.217. The molecule has 170 valence electrons. The number of aromatic nitrogens is 5. The Kier molecular flexibility index (Phi) is 6.55. The number of nitrogens with zero attached hydrogens (tertiary/aromatic N) is 5. The summed E-state index contributed by atoms with van der Waals surface area (Å²) in [7, 11) is 1.85. The van der Waals surface area contributed by atoms with Gasteiger partial charge in [0.15, 0.2) is 11.0 Å². The van der Waals surface area contributed by atoms with E-state index in [1.807, 2.05) is 55.9 Å². The summed E-state index contributed by atoms with van der Waals surface area (Å²) in [5.41, 5.74) is 3.68. The van der Waals surface area contributed by atoms with Crippen LogP contribution in [0.2, 0.25) is 0 Å². The Morgan fingerprint density at radius 3 is 2.58 bits per heavy atom. The summed E-state index contributed by atoms with van der Waals surface area (Å²) in [6.45, 7) is 4.58. The zero-order chi connectivity index (χ0) is 23.5. The molecule has 0 radical (unpaired) electrons. The monoisotopic (exact) mass is 468 g/mol. The second-order valence-electron chi connectivity index (χ2n) is 7.44. The summed E-state index contributed by atoms with van der Waals surface area (Å²) >= 11 is 1.19. The van der Waals surface area contributed by atoms with Crippen molar-refractivity contribution in [2.24, 2.45) is 7.05 Å². The molecule has 0 aliphatic rings. The molecule has 0 atom stereocenters. The third-order valence-corrected chi connectivity index (χ3v) is 5.93. The lowest BCUT2D eigenvalue weighted by Gasteiger charge is -2.08. The molecule has 4 rings (SSSR count). The van der Waals surface area contributed by atoms with Crippen LogP contribution in [0.1, 0.15) is 12.5 Å². The van der Waals surface area contributed by atoms with E-state index in [1.54, 1.807) is 4.68 Å². The Balaban J connectivity index is 1.54. The summed E-state index contributed by atoms with van der Waals surface area (Å²) in [6, 6.07) is 11.1. The number of amides is 1. The Morgan fingerprint density at radius 1 is 1.12 bits per heavy atom. The van der Waals surface area contributed by atoms with Crippen LogP contribution in [0.3, 0.4) is 0 Å². The molecule has 7 nitrogen and oxygen atoms in total. The van der Waals surface area contributed by atoms with Gasteiger partial charge in [0.2, 0.25) is 5.91 Å². The minimum absolute atomic E-state index is 0.00713. The van der Waals surface area contributed by atoms with Gasteiger partial charge in [-0.2, -0.15) is 5.10 Å². The maximum atomic E-state index is 13.8. The number of hydrogen-bond acceptors (Lipinski definition) is 5. The highest BCUT2D eigenvalue weighted by Crippen LogP contribution is 2.32. The lowest BCUT2D eigenvalue weighted by atomic mass is 10.1. The molecule has 0 fully saturated rings. The van der Waals surface area contributed by atoms with E-state index in [2.05, 4.69) is 20.6 Å². The number of aryl methyl sites for hydroxylation is 2. The molecule has 0 saturated carbocycles. The quantitative estimate of drug-likeness (QED) is 0.399. The summed E-state index contributed by atoms with van der Waals surface area (Å²) < 4.78 is 30.5.